The molecule has 2 nitrogen and oxygen atoms in total. The van der Waals surface area contributed by atoms with Gasteiger partial charge in [0, 0.05) is 0 Å². The Bertz CT molecular complexity index is 119. The third-order valence-corrected chi connectivity index (χ3v) is 1.49. The molecule has 0 rings (SSSR count). The van der Waals surface area contributed by atoms with Crippen molar-refractivity contribution in [2.75, 3.05) is 6.61 Å². The zero-order chi connectivity index (χ0) is 8.53. The molecule has 11 heavy (non-hydrogen) atoms. The highest BCUT2D eigenvalue weighted by Gasteiger charge is 1.93. The summed E-state index contributed by atoms with van der Waals surface area (Å²) in [6.07, 6.45) is 4.56. The van der Waals surface area contributed by atoms with Crippen LogP contribution in [-0.4, -0.2) is 13.1 Å². The smallest absolute Gasteiger partial charge is 0.293 e. The van der Waals surface area contributed by atoms with E-state index in [-0.39, 0.29) is 0 Å². The normalized spacial score (nSPS) is 9.18. The summed E-state index contributed by atoms with van der Waals surface area (Å²) in [5.41, 5.74) is 1.01. The largest absolute Gasteiger partial charge is 0.463 e. The molecule has 0 aliphatic heterocycles. The maximum Gasteiger partial charge on any atom is 0.293 e. The minimum absolute atomic E-state index is 0.382. The van der Waals surface area contributed by atoms with Crippen LogP contribution in [0.4, 0.5) is 0 Å². The molecule has 0 atom stereocenters. The number of hydrogen-bond donors (Lipinski definition) is 0. The lowest BCUT2D eigenvalue weighted by molar-refractivity contribution is -0.127. The first-order valence-corrected chi connectivity index (χ1v) is 4.03. The molecule has 0 aliphatic rings. The summed E-state index contributed by atoms with van der Waals surface area (Å²) in [6.45, 7) is 6.78. The third kappa shape index (κ3) is 7.10. The molecule has 0 radical (unpaired) electrons. The van der Waals surface area contributed by atoms with Gasteiger partial charge in [0.15, 0.2) is 0 Å². The Hall–Kier alpha value is -0.790. The Morgan fingerprint density at radius 2 is 2.27 bits per heavy atom. The molecule has 0 unspecified atom stereocenters. The molecule has 0 heterocycles. The fraction of sp³-hybridized carbons (Fsp3) is 0.667. The SMILES string of the molecule is C=C(CCCCC)COC=O. The Labute approximate surface area is 68.2 Å². The van der Waals surface area contributed by atoms with Gasteiger partial charge in [-0.1, -0.05) is 26.3 Å². The van der Waals surface area contributed by atoms with Crippen molar-refractivity contribution >= 4 is 6.47 Å². The Morgan fingerprint density at radius 3 is 2.82 bits per heavy atom. The van der Waals surface area contributed by atoms with Crippen LogP contribution in [0.3, 0.4) is 0 Å². The molecular weight excluding hydrogens is 140 g/mol. The first kappa shape index (κ1) is 10.2. The summed E-state index contributed by atoms with van der Waals surface area (Å²) in [5, 5.41) is 0. The van der Waals surface area contributed by atoms with Gasteiger partial charge in [-0.2, -0.15) is 0 Å². The van der Waals surface area contributed by atoms with Crippen molar-refractivity contribution in [2.24, 2.45) is 0 Å². The van der Waals surface area contributed by atoms with E-state index in [0.717, 1.165) is 18.4 Å². The van der Waals surface area contributed by atoms with Crippen LogP contribution in [0.25, 0.3) is 0 Å². The van der Waals surface area contributed by atoms with Crippen molar-refractivity contribution in [3.63, 3.8) is 0 Å². The first-order chi connectivity index (χ1) is 5.31. The summed E-state index contributed by atoms with van der Waals surface area (Å²) < 4.78 is 4.55. The second kappa shape index (κ2) is 7.32. The number of hydrogen-bond acceptors (Lipinski definition) is 2. The second-order valence-corrected chi connectivity index (χ2v) is 2.61. The van der Waals surface area contributed by atoms with Gasteiger partial charge in [-0.25, -0.2) is 0 Å². The van der Waals surface area contributed by atoms with Gasteiger partial charge < -0.3 is 4.74 Å². The van der Waals surface area contributed by atoms with Crippen LogP contribution >= 0.6 is 0 Å². The Balaban J connectivity index is 3.15. The molecule has 0 bridgehead atoms. The van der Waals surface area contributed by atoms with E-state index < -0.39 is 0 Å². The quantitative estimate of drug-likeness (QED) is 0.321. The van der Waals surface area contributed by atoms with Crippen molar-refractivity contribution in [3.05, 3.63) is 12.2 Å². The minimum atomic E-state index is 0.382. The van der Waals surface area contributed by atoms with Crippen LogP contribution < -0.4 is 0 Å². The minimum Gasteiger partial charge on any atom is -0.463 e. The van der Waals surface area contributed by atoms with Crippen LogP contribution in [-0.2, 0) is 9.53 Å². The highest BCUT2D eigenvalue weighted by atomic mass is 16.5. The molecular formula is C9H16O2. The Kier molecular flexibility index (Phi) is 6.79. The van der Waals surface area contributed by atoms with Crippen molar-refractivity contribution in [3.8, 4) is 0 Å². The molecule has 0 saturated carbocycles. The van der Waals surface area contributed by atoms with E-state index in [0.29, 0.717) is 13.1 Å². The molecule has 2 heteroatoms. The summed E-state index contributed by atoms with van der Waals surface area (Å²) in [7, 11) is 0. The van der Waals surface area contributed by atoms with E-state index in [1.165, 1.54) is 12.8 Å². The van der Waals surface area contributed by atoms with E-state index in [2.05, 4.69) is 18.2 Å². The van der Waals surface area contributed by atoms with Gasteiger partial charge in [-0.3, -0.25) is 4.79 Å². The second-order valence-electron chi connectivity index (χ2n) is 2.61. The standard InChI is InChI=1S/C9H16O2/c1-3-4-5-6-9(2)7-11-8-10/h8H,2-7H2,1H3. The van der Waals surface area contributed by atoms with Crippen LogP contribution in [0.1, 0.15) is 32.6 Å². The average Bonchev–Trinajstić information content (AvgIpc) is 2.01. The highest BCUT2D eigenvalue weighted by Crippen LogP contribution is 2.06. The number of rotatable bonds is 7. The predicted molar refractivity (Wildman–Crippen MR) is 45.3 cm³/mol. The van der Waals surface area contributed by atoms with E-state index in [1.807, 2.05) is 0 Å². The molecule has 0 aromatic heterocycles. The van der Waals surface area contributed by atoms with Crippen molar-refractivity contribution < 1.29 is 9.53 Å². The van der Waals surface area contributed by atoms with Crippen molar-refractivity contribution in [1.82, 2.24) is 0 Å². The van der Waals surface area contributed by atoms with E-state index in [4.69, 9.17) is 0 Å². The molecule has 64 valence electrons. The molecule has 0 aromatic rings. The molecule has 0 aromatic carbocycles. The summed E-state index contributed by atoms with van der Waals surface area (Å²) in [4.78, 5) is 9.78. The van der Waals surface area contributed by atoms with Gasteiger partial charge in [0.2, 0.25) is 0 Å². The monoisotopic (exact) mass is 156 g/mol. The van der Waals surface area contributed by atoms with Gasteiger partial charge in [-0.05, 0) is 18.4 Å². The number of unbranched alkanes of at least 4 members (excludes halogenated alkanes) is 2. The fourth-order valence-corrected chi connectivity index (χ4v) is 0.849. The predicted octanol–water partition coefficient (Wildman–Crippen LogP) is 2.30. The molecule has 0 amide bonds. The lowest BCUT2D eigenvalue weighted by Gasteiger charge is -2.02. The maximum absolute atomic E-state index is 9.78. The summed E-state index contributed by atoms with van der Waals surface area (Å²) >= 11 is 0. The van der Waals surface area contributed by atoms with Crippen LogP contribution in [0.15, 0.2) is 12.2 Å². The lowest BCUT2D eigenvalue weighted by Crippen LogP contribution is -1.94. The molecule has 0 aliphatic carbocycles. The van der Waals surface area contributed by atoms with E-state index >= 15 is 0 Å². The van der Waals surface area contributed by atoms with Crippen molar-refractivity contribution in [1.29, 1.82) is 0 Å². The van der Waals surface area contributed by atoms with E-state index in [9.17, 15) is 4.79 Å². The van der Waals surface area contributed by atoms with Gasteiger partial charge in [0.05, 0.1) is 0 Å². The topological polar surface area (TPSA) is 26.3 Å². The molecule has 0 spiro atoms. The van der Waals surface area contributed by atoms with Crippen LogP contribution in [0.2, 0.25) is 0 Å². The fourth-order valence-electron chi connectivity index (χ4n) is 0.849. The number of carbonyl (C=O) groups excluding carboxylic acids is 1. The molecule has 0 fully saturated rings. The van der Waals surface area contributed by atoms with Gasteiger partial charge in [-0.15, -0.1) is 0 Å². The summed E-state index contributed by atoms with van der Waals surface area (Å²) in [5.74, 6) is 0. The lowest BCUT2D eigenvalue weighted by atomic mass is 10.1. The van der Waals surface area contributed by atoms with Gasteiger partial charge >= 0.3 is 0 Å². The van der Waals surface area contributed by atoms with Crippen LogP contribution in [0, 0.1) is 0 Å². The zero-order valence-electron chi connectivity index (χ0n) is 7.14. The molecule has 0 N–H and O–H groups in total. The summed E-state index contributed by atoms with van der Waals surface area (Å²) in [6, 6.07) is 0. The average molecular weight is 156 g/mol. The highest BCUT2D eigenvalue weighted by molar-refractivity contribution is 5.37. The third-order valence-electron chi connectivity index (χ3n) is 1.49. The maximum atomic E-state index is 9.78. The van der Waals surface area contributed by atoms with Gasteiger partial charge in [0.1, 0.15) is 6.61 Å². The zero-order valence-corrected chi connectivity index (χ0v) is 7.14. The van der Waals surface area contributed by atoms with Gasteiger partial charge in [0.25, 0.3) is 6.47 Å². The number of ether oxygens (including phenoxy) is 1. The van der Waals surface area contributed by atoms with Crippen molar-refractivity contribution in [2.45, 2.75) is 32.6 Å². The van der Waals surface area contributed by atoms with E-state index in [1.54, 1.807) is 0 Å². The Morgan fingerprint density at radius 1 is 1.55 bits per heavy atom. The molecule has 0 saturated heterocycles. The van der Waals surface area contributed by atoms with Crippen LogP contribution in [0.5, 0.6) is 0 Å². The first-order valence-electron chi connectivity index (χ1n) is 4.03. The number of carbonyl (C=O) groups is 1.